The predicted molar refractivity (Wildman–Crippen MR) is 79.0 cm³/mol. The Morgan fingerprint density at radius 2 is 1.84 bits per heavy atom. The number of aryl methyl sites for hydroxylation is 1. The Morgan fingerprint density at radius 1 is 1.21 bits per heavy atom. The minimum absolute atomic E-state index is 0.240. The summed E-state index contributed by atoms with van der Waals surface area (Å²) < 4.78 is 39.9. The van der Waals surface area contributed by atoms with Gasteiger partial charge in [-0.25, -0.2) is 0 Å². The molecule has 0 nitrogen and oxygen atoms in total. The third kappa shape index (κ3) is 3.23. The summed E-state index contributed by atoms with van der Waals surface area (Å²) in [6, 6.07) is 7.53. The summed E-state index contributed by atoms with van der Waals surface area (Å²) in [6.07, 6.45) is -4.34. The van der Waals surface area contributed by atoms with Crippen LogP contribution in [0.25, 0.3) is 0 Å². The molecule has 1 heterocycles. The highest BCUT2D eigenvalue weighted by molar-refractivity contribution is 9.11. The number of benzene rings is 1. The van der Waals surface area contributed by atoms with Crippen LogP contribution in [0.1, 0.15) is 26.4 Å². The highest BCUT2D eigenvalue weighted by atomic mass is 79.9. The van der Waals surface area contributed by atoms with Crippen LogP contribution in [0, 0.1) is 6.92 Å². The third-order valence-corrected chi connectivity index (χ3v) is 6.16. The normalized spacial score (nSPS) is 13.6. The molecule has 6 heteroatoms. The lowest BCUT2D eigenvalue weighted by Crippen LogP contribution is -2.10. The molecule has 0 spiro atoms. The highest BCUT2D eigenvalue weighted by Gasteiger charge is 2.35. The van der Waals surface area contributed by atoms with Crippen LogP contribution in [-0.2, 0) is 6.18 Å². The Kier molecular flexibility index (Phi) is 4.42. The van der Waals surface area contributed by atoms with Crippen molar-refractivity contribution in [1.82, 2.24) is 0 Å². The minimum atomic E-state index is -4.34. The molecule has 0 aliphatic carbocycles. The molecule has 1 aromatic heterocycles. The Hall–Kier alpha value is -0.330. The zero-order valence-electron chi connectivity index (χ0n) is 9.76. The van der Waals surface area contributed by atoms with E-state index in [4.69, 9.17) is 0 Å². The summed E-state index contributed by atoms with van der Waals surface area (Å²) in [5, 5.41) is 0. The molecule has 0 aliphatic heterocycles. The lowest BCUT2D eigenvalue weighted by atomic mass is 10.0. The Morgan fingerprint density at radius 3 is 2.37 bits per heavy atom. The molecule has 0 aliphatic rings. The number of rotatable bonds is 2. The van der Waals surface area contributed by atoms with Crippen LogP contribution < -0.4 is 0 Å². The lowest BCUT2D eigenvalue weighted by Gasteiger charge is -2.16. The molecule has 0 saturated carbocycles. The first kappa shape index (κ1) is 15.1. The first-order valence-electron chi connectivity index (χ1n) is 5.36. The summed E-state index contributed by atoms with van der Waals surface area (Å²) in [5.41, 5.74) is 0.664. The topological polar surface area (TPSA) is 0 Å². The van der Waals surface area contributed by atoms with Gasteiger partial charge in [0, 0.05) is 4.88 Å². The van der Waals surface area contributed by atoms with Gasteiger partial charge in [0.2, 0.25) is 0 Å². The van der Waals surface area contributed by atoms with Gasteiger partial charge in [0.1, 0.15) is 0 Å². The molecule has 0 amide bonds. The van der Waals surface area contributed by atoms with E-state index in [2.05, 4.69) is 31.9 Å². The fourth-order valence-electron chi connectivity index (χ4n) is 1.74. The van der Waals surface area contributed by atoms with Crippen molar-refractivity contribution in [1.29, 1.82) is 0 Å². The van der Waals surface area contributed by atoms with E-state index in [1.807, 2.05) is 13.0 Å². The van der Waals surface area contributed by atoms with E-state index in [0.29, 0.717) is 0 Å². The number of alkyl halides is 4. The SMILES string of the molecule is Cc1cc(C(Br)c2ccccc2C(F)(F)F)sc1Br. The second kappa shape index (κ2) is 5.58. The number of halogens is 5. The largest absolute Gasteiger partial charge is 0.416 e. The lowest BCUT2D eigenvalue weighted by molar-refractivity contribution is -0.138. The van der Waals surface area contributed by atoms with E-state index in [1.54, 1.807) is 6.07 Å². The monoisotopic (exact) mass is 412 g/mol. The summed E-state index contributed by atoms with van der Waals surface area (Å²) >= 11 is 8.20. The number of hydrogen-bond donors (Lipinski definition) is 0. The number of thiophene rings is 1. The van der Waals surface area contributed by atoms with Crippen molar-refractivity contribution in [2.45, 2.75) is 17.9 Å². The van der Waals surface area contributed by atoms with Gasteiger partial charge < -0.3 is 0 Å². The smallest absolute Gasteiger partial charge is 0.166 e. The molecule has 19 heavy (non-hydrogen) atoms. The van der Waals surface area contributed by atoms with E-state index in [-0.39, 0.29) is 5.56 Å². The molecule has 2 aromatic rings. The molecule has 1 atom stereocenters. The summed E-state index contributed by atoms with van der Waals surface area (Å²) in [6.45, 7) is 1.92. The number of hydrogen-bond acceptors (Lipinski definition) is 1. The maximum absolute atomic E-state index is 13.0. The van der Waals surface area contributed by atoms with Gasteiger partial charge in [0.25, 0.3) is 0 Å². The van der Waals surface area contributed by atoms with Crippen molar-refractivity contribution in [3.05, 3.63) is 55.7 Å². The first-order valence-corrected chi connectivity index (χ1v) is 7.89. The molecule has 0 radical (unpaired) electrons. The maximum Gasteiger partial charge on any atom is 0.416 e. The second-order valence-electron chi connectivity index (χ2n) is 4.05. The molecule has 102 valence electrons. The molecule has 2 rings (SSSR count). The van der Waals surface area contributed by atoms with Crippen LogP contribution in [0.15, 0.2) is 34.1 Å². The van der Waals surface area contributed by atoms with E-state index in [0.717, 1.165) is 20.3 Å². The zero-order chi connectivity index (χ0) is 14.2. The van der Waals surface area contributed by atoms with Gasteiger partial charge in [-0.3, -0.25) is 0 Å². The van der Waals surface area contributed by atoms with Crippen molar-refractivity contribution in [3.8, 4) is 0 Å². The van der Waals surface area contributed by atoms with E-state index >= 15 is 0 Å². The predicted octanol–water partition coefficient (Wildman–Crippen LogP) is 6.32. The van der Waals surface area contributed by atoms with Gasteiger partial charge in [0.15, 0.2) is 0 Å². The van der Waals surface area contributed by atoms with E-state index in [1.165, 1.54) is 23.5 Å². The Balaban J connectivity index is 2.47. The quantitative estimate of drug-likeness (QED) is 0.505. The van der Waals surface area contributed by atoms with Crippen LogP contribution in [-0.4, -0.2) is 0 Å². The standard InChI is InChI=1S/C13H9Br2F3S/c1-7-6-10(19-12(7)15)11(14)8-4-2-3-5-9(8)13(16,17)18/h2-6,11H,1H3. The molecule has 0 saturated heterocycles. The molecule has 0 bridgehead atoms. The summed E-state index contributed by atoms with van der Waals surface area (Å²) in [4.78, 5) is 0.390. The van der Waals surface area contributed by atoms with E-state index in [9.17, 15) is 13.2 Å². The Labute approximate surface area is 129 Å². The highest BCUT2D eigenvalue weighted by Crippen LogP contribution is 2.43. The summed E-state index contributed by atoms with van der Waals surface area (Å²) in [7, 11) is 0. The van der Waals surface area contributed by atoms with Crippen molar-refractivity contribution >= 4 is 43.2 Å². The first-order chi connectivity index (χ1) is 8.80. The third-order valence-electron chi connectivity index (χ3n) is 2.67. The average Bonchev–Trinajstić information content (AvgIpc) is 2.68. The van der Waals surface area contributed by atoms with Gasteiger partial charge in [0.05, 0.1) is 14.2 Å². The molecular formula is C13H9Br2F3S. The van der Waals surface area contributed by atoms with Crippen LogP contribution in [0.3, 0.4) is 0 Å². The van der Waals surface area contributed by atoms with E-state index < -0.39 is 16.6 Å². The minimum Gasteiger partial charge on any atom is -0.166 e. The zero-order valence-corrected chi connectivity index (χ0v) is 13.8. The molecule has 0 fully saturated rings. The van der Waals surface area contributed by atoms with Crippen LogP contribution in [0.5, 0.6) is 0 Å². The van der Waals surface area contributed by atoms with Crippen molar-refractivity contribution in [2.24, 2.45) is 0 Å². The molecule has 1 unspecified atom stereocenters. The van der Waals surface area contributed by atoms with Crippen LogP contribution in [0.2, 0.25) is 0 Å². The fraction of sp³-hybridized carbons (Fsp3) is 0.231. The van der Waals surface area contributed by atoms with Crippen molar-refractivity contribution < 1.29 is 13.2 Å². The molecule has 0 N–H and O–H groups in total. The second-order valence-corrected chi connectivity index (χ2v) is 7.37. The average molecular weight is 414 g/mol. The summed E-state index contributed by atoms with van der Waals surface area (Å²) in [5.74, 6) is 0. The molecule has 1 aromatic carbocycles. The fourth-order valence-corrected chi connectivity index (χ4v) is 4.12. The van der Waals surface area contributed by atoms with Gasteiger partial charge in [-0.2, -0.15) is 13.2 Å². The maximum atomic E-state index is 13.0. The van der Waals surface area contributed by atoms with Gasteiger partial charge >= 0.3 is 6.18 Å². The van der Waals surface area contributed by atoms with Crippen molar-refractivity contribution in [2.75, 3.05) is 0 Å². The molecular weight excluding hydrogens is 405 g/mol. The van der Waals surface area contributed by atoms with Gasteiger partial charge in [-0.1, -0.05) is 34.1 Å². The van der Waals surface area contributed by atoms with Gasteiger partial charge in [-0.15, -0.1) is 11.3 Å². The van der Waals surface area contributed by atoms with Gasteiger partial charge in [-0.05, 0) is 46.1 Å². The van der Waals surface area contributed by atoms with Crippen LogP contribution in [0.4, 0.5) is 13.2 Å². The Bertz CT molecular complexity index is 570. The van der Waals surface area contributed by atoms with Crippen LogP contribution >= 0.6 is 43.2 Å². The van der Waals surface area contributed by atoms with Crippen molar-refractivity contribution in [3.63, 3.8) is 0 Å².